The van der Waals surface area contributed by atoms with E-state index in [4.69, 9.17) is 0 Å². The fourth-order valence-corrected chi connectivity index (χ4v) is 8.46. The van der Waals surface area contributed by atoms with Gasteiger partial charge in [0.25, 0.3) is 0 Å². The van der Waals surface area contributed by atoms with Gasteiger partial charge in [-0.2, -0.15) is 0 Å². The first-order valence-electron chi connectivity index (χ1n) is 11.2. The van der Waals surface area contributed by atoms with E-state index in [-0.39, 0.29) is 0 Å². The van der Waals surface area contributed by atoms with Crippen LogP contribution in [0, 0.1) is 17.8 Å². The van der Waals surface area contributed by atoms with Crippen LogP contribution in [0.2, 0.25) is 0 Å². The van der Waals surface area contributed by atoms with Crippen LogP contribution in [0.5, 0.6) is 0 Å². The molecule has 4 fully saturated rings. The number of fused-ring (bicyclic) bond motifs is 1. The van der Waals surface area contributed by atoms with Crippen molar-refractivity contribution in [2.75, 3.05) is 0 Å². The highest BCUT2D eigenvalue weighted by Crippen LogP contribution is 2.61. The summed E-state index contributed by atoms with van der Waals surface area (Å²) in [4.78, 5) is 1.42. The van der Waals surface area contributed by atoms with E-state index in [0.29, 0.717) is 10.2 Å². The first-order chi connectivity index (χ1) is 14.6. The highest BCUT2D eigenvalue weighted by atomic mass is 32.2. The number of hydrogen-bond donors (Lipinski definition) is 2. The lowest BCUT2D eigenvalue weighted by Gasteiger charge is -2.56. The summed E-state index contributed by atoms with van der Waals surface area (Å²) < 4.78 is 0.508. The summed E-state index contributed by atoms with van der Waals surface area (Å²) in [6, 6.07) is 21.1. The molecule has 4 saturated carbocycles. The molecule has 0 atom stereocenters. The third kappa shape index (κ3) is 3.39. The molecular formula is C26H27BO2S. The Bertz CT molecular complexity index is 1060. The normalized spacial score (nSPS) is 29.5. The van der Waals surface area contributed by atoms with Crippen molar-refractivity contribution in [1.82, 2.24) is 0 Å². The highest BCUT2D eigenvalue weighted by Gasteiger charge is 2.51. The summed E-state index contributed by atoms with van der Waals surface area (Å²) in [5, 5.41) is 20.9. The van der Waals surface area contributed by atoms with Gasteiger partial charge in [0.2, 0.25) is 0 Å². The van der Waals surface area contributed by atoms with E-state index in [1.54, 1.807) is 6.07 Å². The van der Waals surface area contributed by atoms with Crippen LogP contribution in [0.3, 0.4) is 0 Å². The minimum absolute atomic E-state index is 0.508. The Morgan fingerprint density at radius 2 is 1.27 bits per heavy atom. The van der Waals surface area contributed by atoms with Gasteiger partial charge < -0.3 is 10.0 Å². The molecule has 4 aliphatic rings. The van der Waals surface area contributed by atoms with Gasteiger partial charge in [-0.1, -0.05) is 42.5 Å². The van der Waals surface area contributed by atoms with Gasteiger partial charge in [0.05, 0.1) is 0 Å². The van der Waals surface area contributed by atoms with Gasteiger partial charge in [-0.25, -0.2) is 0 Å². The van der Waals surface area contributed by atoms with Crippen LogP contribution in [-0.2, 0) is 0 Å². The minimum Gasteiger partial charge on any atom is -0.423 e. The smallest absolute Gasteiger partial charge is 0.423 e. The van der Waals surface area contributed by atoms with E-state index >= 15 is 0 Å². The Kier molecular flexibility index (Phi) is 4.52. The maximum absolute atomic E-state index is 9.38. The van der Waals surface area contributed by atoms with Crippen molar-refractivity contribution in [3.63, 3.8) is 0 Å². The van der Waals surface area contributed by atoms with E-state index in [0.717, 1.165) is 28.5 Å². The van der Waals surface area contributed by atoms with Crippen LogP contribution in [-0.4, -0.2) is 21.9 Å². The summed E-state index contributed by atoms with van der Waals surface area (Å²) in [7, 11) is -1.42. The summed E-state index contributed by atoms with van der Waals surface area (Å²) >= 11 is 2.16. The fraction of sp³-hybridized carbons (Fsp3) is 0.385. The molecule has 0 amide bonds. The summed E-state index contributed by atoms with van der Waals surface area (Å²) in [6.07, 6.45) is 8.79. The molecular weight excluding hydrogens is 387 g/mol. The van der Waals surface area contributed by atoms with Crippen molar-refractivity contribution in [2.24, 2.45) is 17.8 Å². The average molecular weight is 414 g/mol. The largest absolute Gasteiger partial charge is 0.488 e. The maximum atomic E-state index is 9.38. The van der Waals surface area contributed by atoms with Gasteiger partial charge in [0, 0.05) is 9.64 Å². The molecule has 0 aromatic heterocycles. The van der Waals surface area contributed by atoms with Crippen molar-refractivity contribution < 1.29 is 10.0 Å². The summed E-state index contributed by atoms with van der Waals surface area (Å²) in [5.74, 6) is 2.98. The van der Waals surface area contributed by atoms with E-state index < -0.39 is 7.12 Å². The fourth-order valence-electron chi connectivity index (χ4n) is 6.73. The van der Waals surface area contributed by atoms with Crippen molar-refractivity contribution >= 4 is 35.1 Å². The van der Waals surface area contributed by atoms with Crippen LogP contribution in [0.1, 0.15) is 38.5 Å². The van der Waals surface area contributed by atoms with Gasteiger partial charge in [0.15, 0.2) is 0 Å². The molecule has 4 aliphatic carbocycles. The third-order valence-electron chi connectivity index (χ3n) is 7.67. The molecule has 0 unspecified atom stereocenters. The van der Waals surface area contributed by atoms with Crippen molar-refractivity contribution in [1.29, 1.82) is 0 Å². The topological polar surface area (TPSA) is 40.5 Å². The van der Waals surface area contributed by atoms with Crippen molar-refractivity contribution in [3.05, 3.63) is 60.7 Å². The molecule has 2 nitrogen and oxygen atoms in total. The molecule has 4 heteroatoms. The average Bonchev–Trinajstić information content (AvgIpc) is 2.72. The predicted octanol–water partition coefficient (Wildman–Crippen LogP) is 5.25. The molecule has 3 aromatic carbocycles. The number of benzene rings is 3. The SMILES string of the molecule is OB(O)c1ccc2cc(-c3ccc(SC45CC6CC(CC(C6)C4)C5)cc3)ccc2c1. The monoisotopic (exact) mass is 414 g/mol. The summed E-state index contributed by atoms with van der Waals surface area (Å²) in [5.41, 5.74) is 2.96. The predicted molar refractivity (Wildman–Crippen MR) is 126 cm³/mol. The Morgan fingerprint density at radius 3 is 1.90 bits per heavy atom. The molecule has 30 heavy (non-hydrogen) atoms. The molecule has 2 N–H and O–H groups in total. The lowest BCUT2D eigenvalue weighted by atomic mass is 9.56. The quantitative estimate of drug-likeness (QED) is 0.573. The standard InChI is InChI=1S/C26H27BO2S/c28-27(29)24-6-3-22-12-21(1-2-23(22)13-24)20-4-7-25(8-5-20)30-26-14-17-9-18(15-26)11-19(10-17)16-26/h1-8,12-13,17-19,28-29H,9-11,14-16H2. The van der Waals surface area contributed by atoms with Crippen molar-refractivity contribution in [3.8, 4) is 11.1 Å². The zero-order chi connectivity index (χ0) is 20.3. The highest BCUT2D eigenvalue weighted by molar-refractivity contribution is 8.00. The van der Waals surface area contributed by atoms with Gasteiger partial charge in [-0.3, -0.25) is 0 Å². The maximum Gasteiger partial charge on any atom is 0.488 e. The van der Waals surface area contributed by atoms with Gasteiger partial charge in [-0.05, 0) is 102 Å². The van der Waals surface area contributed by atoms with Crippen LogP contribution in [0.25, 0.3) is 21.9 Å². The van der Waals surface area contributed by atoms with E-state index in [9.17, 15) is 10.0 Å². The molecule has 0 spiro atoms. The number of thioether (sulfide) groups is 1. The van der Waals surface area contributed by atoms with Gasteiger partial charge in [-0.15, -0.1) is 11.8 Å². The minimum atomic E-state index is -1.42. The van der Waals surface area contributed by atoms with Gasteiger partial charge >= 0.3 is 7.12 Å². The molecule has 7 rings (SSSR count). The molecule has 0 radical (unpaired) electrons. The number of rotatable bonds is 4. The lowest BCUT2D eigenvalue weighted by Crippen LogP contribution is -2.48. The first kappa shape index (κ1) is 19.0. The van der Waals surface area contributed by atoms with Gasteiger partial charge in [0.1, 0.15) is 0 Å². The second-order valence-corrected chi connectivity index (χ2v) is 11.5. The Hall–Kier alpha value is -1.75. The molecule has 4 bridgehead atoms. The van der Waals surface area contributed by atoms with E-state index in [1.165, 1.54) is 54.5 Å². The van der Waals surface area contributed by atoms with Crippen LogP contribution in [0.15, 0.2) is 65.6 Å². The molecule has 0 heterocycles. The summed E-state index contributed by atoms with van der Waals surface area (Å²) in [6.45, 7) is 0. The number of hydrogen-bond acceptors (Lipinski definition) is 3. The molecule has 0 saturated heterocycles. The van der Waals surface area contributed by atoms with Crippen LogP contribution in [0.4, 0.5) is 0 Å². The molecule has 0 aliphatic heterocycles. The Balaban J connectivity index is 1.23. The van der Waals surface area contributed by atoms with E-state index in [2.05, 4.69) is 54.2 Å². The van der Waals surface area contributed by atoms with Crippen molar-refractivity contribution in [2.45, 2.75) is 48.2 Å². The van der Waals surface area contributed by atoms with E-state index in [1.807, 2.05) is 12.1 Å². The Morgan fingerprint density at radius 1 is 0.700 bits per heavy atom. The first-order valence-corrected chi connectivity index (χ1v) is 12.1. The zero-order valence-electron chi connectivity index (χ0n) is 17.1. The van der Waals surface area contributed by atoms with Crippen LogP contribution >= 0.6 is 11.8 Å². The second-order valence-electron chi connectivity index (χ2n) is 9.92. The Labute approximate surface area is 182 Å². The molecule has 152 valence electrons. The van der Waals surface area contributed by atoms with Crippen LogP contribution < -0.4 is 5.46 Å². The third-order valence-corrected chi connectivity index (χ3v) is 9.11. The zero-order valence-corrected chi connectivity index (χ0v) is 17.9. The lowest BCUT2D eigenvalue weighted by molar-refractivity contribution is 0.0383. The molecule has 3 aromatic rings. The second kappa shape index (κ2) is 7.15.